The monoisotopic (exact) mass is 218 g/mol. The van der Waals surface area contributed by atoms with Crippen LogP contribution in [0.4, 0.5) is 4.39 Å². The van der Waals surface area contributed by atoms with Gasteiger partial charge in [0, 0.05) is 12.0 Å². The number of hydrogen-bond donors (Lipinski definition) is 0. The number of nitrogens with zero attached hydrogens (tertiary/aromatic N) is 2. The molecule has 16 heavy (non-hydrogen) atoms. The molecular weight excluding hydrogens is 207 g/mol. The molecule has 4 heteroatoms. The number of Topliss-reactive ketones (excluding diaryl/α,β-unsaturated/α-hetero) is 1. The Labute approximate surface area is 92.3 Å². The number of aromatic nitrogens is 2. The Morgan fingerprint density at radius 2 is 2.12 bits per heavy atom. The van der Waals surface area contributed by atoms with Gasteiger partial charge in [-0.05, 0) is 19.1 Å². The average Bonchev–Trinajstić information content (AvgIpc) is 2.29. The average molecular weight is 218 g/mol. The second-order valence-electron chi connectivity index (χ2n) is 3.55. The van der Waals surface area contributed by atoms with Gasteiger partial charge >= 0.3 is 0 Å². The summed E-state index contributed by atoms with van der Waals surface area (Å²) in [6.07, 6.45) is 0.371. The molecule has 3 nitrogen and oxygen atoms in total. The molecule has 0 unspecified atom stereocenters. The van der Waals surface area contributed by atoms with Crippen LogP contribution >= 0.6 is 0 Å². The van der Waals surface area contributed by atoms with Crippen molar-refractivity contribution in [3.63, 3.8) is 0 Å². The molecule has 1 aromatic carbocycles. The van der Waals surface area contributed by atoms with Crippen LogP contribution in [-0.4, -0.2) is 15.8 Å². The van der Waals surface area contributed by atoms with Gasteiger partial charge in [0.25, 0.3) is 0 Å². The van der Waals surface area contributed by atoms with Gasteiger partial charge in [-0.25, -0.2) is 9.97 Å². The first kappa shape index (κ1) is 10.7. The van der Waals surface area contributed by atoms with Gasteiger partial charge in [0.15, 0.2) is 5.78 Å². The molecule has 2 rings (SSSR count). The Kier molecular flexibility index (Phi) is 2.64. The van der Waals surface area contributed by atoms with Gasteiger partial charge in [0.2, 0.25) is 5.95 Å². The van der Waals surface area contributed by atoms with E-state index in [1.54, 1.807) is 32.0 Å². The Hall–Kier alpha value is -1.84. The lowest BCUT2D eigenvalue weighted by Gasteiger charge is -2.04. The van der Waals surface area contributed by atoms with Crippen molar-refractivity contribution < 1.29 is 9.18 Å². The number of fused-ring (bicyclic) bond motifs is 1. The first-order chi connectivity index (χ1) is 7.63. The van der Waals surface area contributed by atoms with E-state index >= 15 is 0 Å². The van der Waals surface area contributed by atoms with Crippen LogP contribution in [0.2, 0.25) is 0 Å². The zero-order valence-corrected chi connectivity index (χ0v) is 9.12. The van der Waals surface area contributed by atoms with Crippen molar-refractivity contribution in [1.82, 2.24) is 9.97 Å². The van der Waals surface area contributed by atoms with E-state index in [4.69, 9.17) is 0 Å². The maximum absolute atomic E-state index is 13.3. The van der Waals surface area contributed by atoms with E-state index in [1.165, 1.54) is 0 Å². The van der Waals surface area contributed by atoms with E-state index in [9.17, 15) is 9.18 Å². The Morgan fingerprint density at radius 1 is 1.38 bits per heavy atom. The molecule has 2 aromatic rings. The molecule has 0 amide bonds. The largest absolute Gasteiger partial charge is 0.294 e. The molecule has 0 bridgehead atoms. The Bertz CT molecular complexity index is 566. The molecule has 0 saturated carbocycles. The van der Waals surface area contributed by atoms with Crippen LogP contribution in [0.1, 0.15) is 29.4 Å². The molecule has 0 aliphatic carbocycles. The van der Waals surface area contributed by atoms with Crippen molar-refractivity contribution in [3.05, 3.63) is 35.4 Å². The summed E-state index contributed by atoms with van der Waals surface area (Å²) in [5.41, 5.74) is 1.58. The predicted octanol–water partition coefficient (Wildman–Crippen LogP) is 2.67. The molecule has 0 N–H and O–H groups in total. The summed E-state index contributed by atoms with van der Waals surface area (Å²) in [4.78, 5) is 19.5. The minimum absolute atomic E-state index is 0.0526. The smallest absolute Gasteiger partial charge is 0.234 e. The van der Waals surface area contributed by atoms with Crippen LogP contribution in [0.25, 0.3) is 11.0 Å². The third-order valence-electron chi connectivity index (χ3n) is 2.43. The van der Waals surface area contributed by atoms with Crippen molar-refractivity contribution in [2.75, 3.05) is 0 Å². The molecular formula is C12H11FN2O. The van der Waals surface area contributed by atoms with E-state index in [0.717, 1.165) is 0 Å². The quantitative estimate of drug-likeness (QED) is 0.728. The van der Waals surface area contributed by atoms with E-state index in [1.807, 2.05) is 0 Å². The van der Waals surface area contributed by atoms with Crippen LogP contribution in [0.3, 0.4) is 0 Å². The topological polar surface area (TPSA) is 42.9 Å². The summed E-state index contributed by atoms with van der Waals surface area (Å²) in [7, 11) is 0. The highest BCUT2D eigenvalue weighted by Gasteiger charge is 2.12. The van der Waals surface area contributed by atoms with Gasteiger partial charge < -0.3 is 0 Å². The molecule has 0 aliphatic rings. The SMILES string of the molecule is CCC(=O)c1cccc2nc(C)c(F)nc12. The summed E-state index contributed by atoms with van der Waals surface area (Å²) in [5, 5.41) is 0. The van der Waals surface area contributed by atoms with Gasteiger partial charge in [0.05, 0.1) is 11.2 Å². The lowest BCUT2D eigenvalue weighted by Crippen LogP contribution is -2.02. The summed E-state index contributed by atoms with van der Waals surface area (Å²) in [6, 6.07) is 5.11. The number of ketones is 1. The van der Waals surface area contributed by atoms with E-state index in [-0.39, 0.29) is 11.5 Å². The number of aryl methyl sites for hydroxylation is 1. The van der Waals surface area contributed by atoms with Crippen molar-refractivity contribution in [1.29, 1.82) is 0 Å². The van der Waals surface area contributed by atoms with Gasteiger partial charge in [-0.2, -0.15) is 4.39 Å². The normalized spacial score (nSPS) is 10.7. The third kappa shape index (κ3) is 1.66. The number of para-hydroxylation sites is 1. The lowest BCUT2D eigenvalue weighted by atomic mass is 10.1. The minimum Gasteiger partial charge on any atom is -0.294 e. The van der Waals surface area contributed by atoms with Gasteiger partial charge in [-0.1, -0.05) is 13.0 Å². The zero-order chi connectivity index (χ0) is 11.7. The van der Waals surface area contributed by atoms with Crippen molar-refractivity contribution >= 4 is 16.8 Å². The number of carbonyl (C=O) groups is 1. The number of benzene rings is 1. The maximum Gasteiger partial charge on any atom is 0.234 e. The second-order valence-corrected chi connectivity index (χ2v) is 3.55. The molecule has 82 valence electrons. The van der Waals surface area contributed by atoms with Crippen LogP contribution in [0.5, 0.6) is 0 Å². The van der Waals surface area contributed by atoms with Gasteiger partial charge in [0.1, 0.15) is 5.52 Å². The summed E-state index contributed by atoms with van der Waals surface area (Å²) in [6.45, 7) is 3.31. The maximum atomic E-state index is 13.3. The number of carbonyl (C=O) groups excluding carboxylic acids is 1. The Morgan fingerprint density at radius 3 is 2.81 bits per heavy atom. The second kappa shape index (κ2) is 3.96. The molecule has 0 radical (unpaired) electrons. The summed E-state index contributed by atoms with van der Waals surface area (Å²) >= 11 is 0. The standard InChI is InChI=1S/C12H11FN2O/c1-3-10(16)8-5-4-6-9-11(8)15-12(13)7(2)14-9/h4-6H,3H2,1-2H3. The van der Waals surface area contributed by atoms with Crippen molar-refractivity contribution in [2.24, 2.45) is 0 Å². The number of hydrogen-bond acceptors (Lipinski definition) is 3. The number of halogens is 1. The minimum atomic E-state index is -0.621. The van der Waals surface area contributed by atoms with Crippen LogP contribution in [0.15, 0.2) is 18.2 Å². The first-order valence-corrected chi connectivity index (χ1v) is 5.09. The molecule has 1 heterocycles. The van der Waals surface area contributed by atoms with Crippen molar-refractivity contribution in [3.8, 4) is 0 Å². The fraction of sp³-hybridized carbons (Fsp3) is 0.250. The molecule has 1 aromatic heterocycles. The van der Waals surface area contributed by atoms with E-state index in [2.05, 4.69) is 9.97 Å². The van der Waals surface area contributed by atoms with Gasteiger partial charge in [-0.3, -0.25) is 4.79 Å². The molecule has 0 fully saturated rings. The van der Waals surface area contributed by atoms with E-state index in [0.29, 0.717) is 23.0 Å². The molecule has 0 saturated heterocycles. The van der Waals surface area contributed by atoms with Crippen LogP contribution in [-0.2, 0) is 0 Å². The van der Waals surface area contributed by atoms with Crippen LogP contribution < -0.4 is 0 Å². The molecule has 0 aliphatic heterocycles. The zero-order valence-electron chi connectivity index (χ0n) is 9.12. The first-order valence-electron chi connectivity index (χ1n) is 5.09. The van der Waals surface area contributed by atoms with Crippen LogP contribution in [0, 0.1) is 12.9 Å². The fourth-order valence-corrected chi connectivity index (χ4v) is 1.56. The van der Waals surface area contributed by atoms with E-state index < -0.39 is 5.95 Å². The summed E-state index contributed by atoms with van der Waals surface area (Å²) in [5.74, 6) is -0.674. The highest BCUT2D eigenvalue weighted by molar-refractivity contribution is 6.05. The van der Waals surface area contributed by atoms with Crippen molar-refractivity contribution in [2.45, 2.75) is 20.3 Å². The lowest BCUT2D eigenvalue weighted by molar-refractivity contribution is 0.0989. The molecule has 0 atom stereocenters. The Balaban J connectivity index is 2.77. The molecule has 0 spiro atoms. The predicted molar refractivity (Wildman–Crippen MR) is 58.9 cm³/mol. The third-order valence-corrected chi connectivity index (χ3v) is 2.43. The van der Waals surface area contributed by atoms with Gasteiger partial charge in [-0.15, -0.1) is 0 Å². The highest BCUT2D eigenvalue weighted by atomic mass is 19.1. The summed E-state index contributed by atoms with van der Waals surface area (Å²) < 4.78 is 13.3. The number of rotatable bonds is 2. The highest BCUT2D eigenvalue weighted by Crippen LogP contribution is 2.17. The fourth-order valence-electron chi connectivity index (χ4n) is 1.56.